The molecular weight excluding hydrogens is 451 g/mol. The quantitative estimate of drug-likeness (QED) is 0.658. The smallest absolute Gasteiger partial charge is 0.436 e. The summed E-state index contributed by atoms with van der Waals surface area (Å²) in [6, 6.07) is 3.68. The molecule has 0 unspecified atom stereocenters. The van der Waals surface area contributed by atoms with Gasteiger partial charge in [0.25, 0.3) is 10.0 Å². The lowest BCUT2D eigenvalue weighted by molar-refractivity contribution is -0.141. The van der Waals surface area contributed by atoms with Gasteiger partial charge in [-0.2, -0.15) is 28.2 Å². The van der Waals surface area contributed by atoms with Crippen LogP contribution >= 0.6 is 0 Å². The Balaban J connectivity index is 1.99. The summed E-state index contributed by atoms with van der Waals surface area (Å²) in [5.74, 6) is -1.16. The summed E-state index contributed by atoms with van der Waals surface area (Å²) < 4.78 is 72.9. The number of hydrogen-bond donors (Lipinski definition) is 1. The van der Waals surface area contributed by atoms with Gasteiger partial charge in [0, 0.05) is 12.6 Å². The van der Waals surface area contributed by atoms with Gasteiger partial charge in [-0.1, -0.05) is 19.8 Å². The van der Waals surface area contributed by atoms with E-state index in [1.54, 1.807) is 0 Å². The van der Waals surface area contributed by atoms with Crippen LogP contribution in [0.15, 0.2) is 23.2 Å². The minimum atomic E-state index is -4.91. The molecule has 1 aliphatic rings. The van der Waals surface area contributed by atoms with E-state index in [9.17, 15) is 31.6 Å². The van der Waals surface area contributed by atoms with Crippen molar-refractivity contribution in [1.29, 1.82) is 5.26 Å². The third-order valence-electron chi connectivity index (χ3n) is 4.97. The molecule has 2 aromatic rings. The Bertz CT molecular complexity index is 1130. The molecule has 2 heterocycles. The maximum absolute atomic E-state index is 13.4. The van der Waals surface area contributed by atoms with Crippen LogP contribution in [-0.2, 0) is 21.0 Å². The van der Waals surface area contributed by atoms with E-state index in [4.69, 9.17) is 4.74 Å². The Kier molecular flexibility index (Phi) is 6.73. The molecule has 0 bridgehead atoms. The van der Waals surface area contributed by atoms with Crippen LogP contribution in [0.5, 0.6) is 5.88 Å². The van der Waals surface area contributed by atoms with E-state index in [0.717, 1.165) is 48.7 Å². The molecule has 0 spiro atoms. The minimum absolute atomic E-state index is 0.0587. The van der Waals surface area contributed by atoms with Crippen LogP contribution in [0.3, 0.4) is 0 Å². The van der Waals surface area contributed by atoms with Crippen LogP contribution in [0, 0.1) is 17.2 Å². The second-order valence-electron chi connectivity index (χ2n) is 7.25. The molecule has 1 fully saturated rings. The number of aromatic nitrogens is 3. The molecule has 3 rings (SSSR count). The highest BCUT2D eigenvalue weighted by molar-refractivity contribution is 7.90. The Morgan fingerprint density at radius 3 is 2.56 bits per heavy atom. The van der Waals surface area contributed by atoms with Crippen LogP contribution in [0.1, 0.15) is 50.3 Å². The average Bonchev–Trinajstić information content (AvgIpc) is 3.39. The van der Waals surface area contributed by atoms with Gasteiger partial charge in [-0.25, -0.2) is 18.1 Å². The van der Waals surface area contributed by atoms with Crippen LogP contribution in [-0.4, -0.2) is 35.7 Å². The molecule has 1 N–H and O–H groups in total. The van der Waals surface area contributed by atoms with Crippen molar-refractivity contribution in [2.45, 2.75) is 50.1 Å². The second kappa shape index (κ2) is 9.15. The molecular formula is C19H20F3N5O4S. The summed E-state index contributed by atoms with van der Waals surface area (Å²) >= 11 is 0. The number of alkyl halides is 3. The number of amides is 1. The number of hydrogen-bond acceptors (Lipinski definition) is 7. The first-order chi connectivity index (χ1) is 15.1. The fourth-order valence-corrected chi connectivity index (χ4v) is 4.30. The zero-order valence-electron chi connectivity index (χ0n) is 17.0. The Hall–Kier alpha value is -3.14. The van der Waals surface area contributed by atoms with Crippen molar-refractivity contribution in [3.8, 4) is 17.8 Å². The maximum Gasteiger partial charge on any atom is 0.436 e. The SMILES string of the molecule is CCC(=O)NS(=O)(=O)c1ccc(-n2nc(C(F)(F)F)c(C#N)c2OCC2CCCC2)nc1. The Morgan fingerprint density at radius 1 is 1.34 bits per heavy atom. The first-order valence-corrected chi connectivity index (χ1v) is 11.3. The lowest BCUT2D eigenvalue weighted by Gasteiger charge is -2.13. The predicted octanol–water partition coefficient (Wildman–Crippen LogP) is 2.94. The van der Waals surface area contributed by atoms with Crippen LogP contribution in [0.2, 0.25) is 0 Å². The number of rotatable bonds is 7. The van der Waals surface area contributed by atoms with E-state index in [2.05, 4.69) is 10.1 Å². The van der Waals surface area contributed by atoms with Gasteiger partial charge in [0.05, 0.1) is 6.61 Å². The highest BCUT2D eigenvalue weighted by atomic mass is 32.2. The number of ether oxygens (including phenoxy) is 1. The van der Waals surface area contributed by atoms with Crippen molar-refractivity contribution in [2.75, 3.05) is 6.61 Å². The summed E-state index contributed by atoms with van der Waals surface area (Å²) in [4.78, 5) is 14.9. The number of sulfonamides is 1. The zero-order valence-corrected chi connectivity index (χ0v) is 17.8. The van der Waals surface area contributed by atoms with Crippen molar-refractivity contribution >= 4 is 15.9 Å². The number of carbonyl (C=O) groups is 1. The monoisotopic (exact) mass is 471 g/mol. The third-order valence-corrected chi connectivity index (χ3v) is 6.33. The lowest BCUT2D eigenvalue weighted by atomic mass is 10.1. The van der Waals surface area contributed by atoms with E-state index in [1.807, 2.05) is 4.72 Å². The largest absolute Gasteiger partial charge is 0.476 e. The normalized spacial score (nSPS) is 14.8. The number of pyridine rings is 1. The fraction of sp³-hybridized carbons (Fsp3) is 0.474. The number of halogens is 3. The van der Waals surface area contributed by atoms with Gasteiger partial charge in [0.1, 0.15) is 16.5 Å². The lowest BCUT2D eigenvalue weighted by Crippen LogP contribution is -2.29. The molecule has 172 valence electrons. The van der Waals surface area contributed by atoms with Crippen molar-refractivity contribution in [2.24, 2.45) is 5.92 Å². The third kappa shape index (κ3) is 5.01. The number of carbonyl (C=O) groups excluding carboxylic acids is 1. The highest BCUT2D eigenvalue weighted by Crippen LogP contribution is 2.37. The average molecular weight is 471 g/mol. The molecule has 1 amide bonds. The molecule has 0 aromatic carbocycles. The first-order valence-electron chi connectivity index (χ1n) is 9.82. The van der Waals surface area contributed by atoms with E-state index in [1.165, 1.54) is 13.0 Å². The molecule has 0 radical (unpaired) electrons. The van der Waals surface area contributed by atoms with E-state index >= 15 is 0 Å². The maximum atomic E-state index is 13.4. The van der Waals surface area contributed by atoms with Crippen molar-refractivity contribution in [3.63, 3.8) is 0 Å². The van der Waals surface area contributed by atoms with Gasteiger partial charge in [-0.3, -0.25) is 4.79 Å². The summed E-state index contributed by atoms with van der Waals surface area (Å²) in [7, 11) is -4.19. The van der Waals surface area contributed by atoms with Gasteiger partial charge < -0.3 is 4.74 Å². The number of nitriles is 1. The molecule has 0 aliphatic heterocycles. The number of nitrogens with zero attached hydrogens (tertiary/aromatic N) is 4. The Morgan fingerprint density at radius 2 is 2.03 bits per heavy atom. The topological polar surface area (TPSA) is 127 Å². The standard InChI is InChI=1S/C19H20F3N5O4S/c1-2-16(28)26-32(29,30)13-7-8-15(24-10-13)27-18(31-11-12-5-3-4-6-12)14(9-23)17(25-27)19(20,21)22/h7-8,10,12H,2-6,11H2,1H3,(H,26,28). The zero-order chi connectivity index (χ0) is 23.5. The van der Waals surface area contributed by atoms with Gasteiger partial charge in [0.15, 0.2) is 11.5 Å². The van der Waals surface area contributed by atoms with Gasteiger partial charge in [-0.15, -0.1) is 0 Å². The van der Waals surface area contributed by atoms with E-state index < -0.39 is 39.2 Å². The van der Waals surface area contributed by atoms with Crippen LogP contribution in [0.4, 0.5) is 13.2 Å². The summed E-state index contributed by atoms with van der Waals surface area (Å²) in [5.41, 5.74) is -2.20. The summed E-state index contributed by atoms with van der Waals surface area (Å²) in [6.45, 7) is 1.59. The van der Waals surface area contributed by atoms with Crippen LogP contribution < -0.4 is 9.46 Å². The molecule has 2 aromatic heterocycles. The summed E-state index contributed by atoms with van der Waals surface area (Å²) in [6.07, 6.45) is -0.349. The highest BCUT2D eigenvalue weighted by Gasteiger charge is 2.41. The van der Waals surface area contributed by atoms with Crippen LogP contribution in [0.25, 0.3) is 5.82 Å². The van der Waals surface area contributed by atoms with Crippen molar-refractivity contribution < 1.29 is 31.1 Å². The molecule has 9 nitrogen and oxygen atoms in total. The number of nitrogens with one attached hydrogen (secondary N) is 1. The van der Waals surface area contributed by atoms with Gasteiger partial charge >= 0.3 is 6.18 Å². The second-order valence-corrected chi connectivity index (χ2v) is 8.93. The molecule has 1 saturated carbocycles. The van der Waals surface area contributed by atoms with Crippen molar-refractivity contribution in [3.05, 3.63) is 29.6 Å². The fourth-order valence-electron chi connectivity index (χ4n) is 3.30. The van der Waals surface area contributed by atoms with E-state index in [-0.39, 0.29) is 29.7 Å². The Labute approximate surface area is 182 Å². The van der Waals surface area contributed by atoms with Gasteiger partial charge in [0.2, 0.25) is 11.8 Å². The predicted molar refractivity (Wildman–Crippen MR) is 104 cm³/mol. The first kappa shape index (κ1) is 23.5. The summed E-state index contributed by atoms with van der Waals surface area (Å²) in [5, 5.41) is 12.8. The van der Waals surface area contributed by atoms with Gasteiger partial charge in [-0.05, 0) is 30.9 Å². The molecule has 0 atom stereocenters. The molecule has 13 heteroatoms. The van der Waals surface area contributed by atoms with Crippen molar-refractivity contribution in [1.82, 2.24) is 19.5 Å². The molecule has 0 saturated heterocycles. The molecule has 1 aliphatic carbocycles. The van der Waals surface area contributed by atoms with E-state index in [0.29, 0.717) is 0 Å². The molecule has 32 heavy (non-hydrogen) atoms. The minimum Gasteiger partial charge on any atom is -0.476 e.